The van der Waals surface area contributed by atoms with E-state index in [1.165, 1.54) is 22.3 Å². The molecule has 0 saturated heterocycles. The molecule has 1 aromatic carbocycles. The van der Waals surface area contributed by atoms with E-state index >= 15 is 0 Å². The second-order valence-corrected chi connectivity index (χ2v) is 4.98. The normalized spacial score (nSPS) is 17.2. The van der Waals surface area contributed by atoms with Crippen LogP contribution in [0.15, 0.2) is 41.5 Å². The lowest BCUT2D eigenvalue weighted by Crippen LogP contribution is -1.98. The van der Waals surface area contributed by atoms with Gasteiger partial charge in [0.15, 0.2) is 5.78 Å². The van der Waals surface area contributed by atoms with Gasteiger partial charge >= 0.3 is 0 Å². The van der Waals surface area contributed by atoms with Crippen molar-refractivity contribution in [1.82, 2.24) is 0 Å². The Morgan fingerprint density at radius 2 is 1.56 bits per heavy atom. The Hall–Kier alpha value is -1.89. The second kappa shape index (κ2) is 4.77. The highest BCUT2D eigenvalue weighted by atomic mass is 16.1. The number of allylic oxidation sites excluding steroid dienone is 5. The van der Waals surface area contributed by atoms with Gasteiger partial charge < -0.3 is 0 Å². The fraction of sp³-hybridized carbons (Fsp3) is 0.235. The van der Waals surface area contributed by atoms with Crippen LogP contribution in [0.3, 0.4) is 0 Å². The topological polar surface area (TPSA) is 17.1 Å². The number of hydrogen-bond acceptors (Lipinski definition) is 1. The molecular formula is C17H18O. The summed E-state index contributed by atoms with van der Waals surface area (Å²) in [5.41, 5.74) is 7.24. The zero-order chi connectivity index (χ0) is 13.3. The molecule has 0 radical (unpaired) electrons. The van der Waals surface area contributed by atoms with E-state index < -0.39 is 0 Å². The first kappa shape index (κ1) is 12.6. The van der Waals surface area contributed by atoms with Gasteiger partial charge in [-0.25, -0.2) is 0 Å². The summed E-state index contributed by atoms with van der Waals surface area (Å²) in [7, 11) is 0. The van der Waals surface area contributed by atoms with Gasteiger partial charge in [0.05, 0.1) is 0 Å². The van der Waals surface area contributed by atoms with Crippen molar-refractivity contribution in [2.45, 2.75) is 27.7 Å². The summed E-state index contributed by atoms with van der Waals surface area (Å²) in [6.07, 6.45) is 7.37. The van der Waals surface area contributed by atoms with Gasteiger partial charge in [-0.2, -0.15) is 0 Å². The summed E-state index contributed by atoms with van der Waals surface area (Å²) in [5, 5.41) is 0. The van der Waals surface area contributed by atoms with Gasteiger partial charge in [-0.3, -0.25) is 4.79 Å². The monoisotopic (exact) mass is 238 g/mol. The first-order valence-corrected chi connectivity index (χ1v) is 6.17. The molecule has 1 nitrogen and oxygen atoms in total. The number of carbonyl (C=O) groups is 1. The maximum atomic E-state index is 11.3. The lowest BCUT2D eigenvalue weighted by atomic mass is 9.93. The zero-order valence-electron chi connectivity index (χ0n) is 11.4. The highest BCUT2D eigenvalue weighted by Gasteiger charge is 2.08. The molecule has 0 aliphatic heterocycles. The number of rotatable bonds is 1. The van der Waals surface area contributed by atoms with Gasteiger partial charge in [-0.05, 0) is 73.8 Å². The Labute approximate surface area is 109 Å². The maximum Gasteiger partial charge on any atom is 0.178 e. The van der Waals surface area contributed by atoms with Crippen LogP contribution in [0.4, 0.5) is 0 Å². The Bertz CT molecular complexity index is 575. The van der Waals surface area contributed by atoms with E-state index in [0.717, 1.165) is 11.1 Å². The molecule has 1 aliphatic carbocycles. The third-order valence-corrected chi connectivity index (χ3v) is 3.28. The van der Waals surface area contributed by atoms with Crippen LogP contribution in [0.5, 0.6) is 0 Å². The molecule has 1 heteroatoms. The molecule has 0 atom stereocenters. The lowest BCUT2D eigenvalue weighted by Gasteiger charge is -2.11. The maximum absolute atomic E-state index is 11.3. The fourth-order valence-electron chi connectivity index (χ4n) is 2.38. The van der Waals surface area contributed by atoms with E-state index in [9.17, 15) is 4.79 Å². The molecule has 0 bridgehead atoms. The van der Waals surface area contributed by atoms with Gasteiger partial charge in [0, 0.05) is 0 Å². The predicted molar refractivity (Wildman–Crippen MR) is 76.5 cm³/mol. The Balaban J connectivity index is 2.49. The standard InChI is InChI=1S/C17H18O/c1-11-7-13(3)17(14(4)8-11)10-15-5-6-16(18)9-12(15)2/h5-10H,1-4H3/b15-10+. The van der Waals surface area contributed by atoms with Gasteiger partial charge in [0.1, 0.15) is 0 Å². The smallest absolute Gasteiger partial charge is 0.178 e. The highest BCUT2D eigenvalue weighted by molar-refractivity contribution is 6.02. The number of hydrogen-bond donors (Lipinski definition) is 0. The van der Waals surface area contributed by atoms with Crippen molar-refractivity contribution in [3.05, 3.63) is 63.8 Å². The van der Waals surface area contributed by atoms with Gasteiger partial charge in [-0.1, -0.05) is 23.8 Å². The van der Waals surface area contributed by atoms with E-state index in [4.69, 9.17) is 0 Å². The molecule has 2 rings (SSSR count). The number of benzene rings is 1. The average Bonchev–Trinajstić information content (AvgIpc) is 2.25. The molecule has 18 heavy (non-hydrogen) atoms. The van der Waals surface area contributed by atoms with Crippen LogP contribution < -0.4 is 0 Å². The Morgan fingerprint density at radius 1 is 0.944 bits per heavy atom. The van der Waals surface area contributed by atoms with Gasteiger partial charge in [0.2, 0.25) is 0 Å². The van der Waals surface area contributed by atoms with Crippen LogP contribution in [-0.2, 0) is 4.79 Å². The highest BCUT2D eigenvalue weighted by Crippen LogP contribution is 2.24. The van der Waals surface area contributed by atoms with Crippen molar-refractivity contribution in [3.8, 4) is 0 Å². The molecule has 0 fully saturated rings. The Morgan fingerprint density at radius 3 is 2.11 bits per heavy atom. The van der Waals surface area contributed by atoms with E-state index in [-0.39, 0.29) is 5.78 Å². The van der Waals surface area contributed by atoms with Crippen LogP contribution in [0.1, 0.15) is 29.2 Å². The van der Waals surface area contributed by atoms with E-state index in [1.54, 1.807) is 12.2 Å². The minimum absolute atomic E-state index is 0.0713. The first-order valence-electron chi connectivity index (χ1n) is 6.17. The molecule has 0 amide bonds. The summed E-state index contributed by atoms with van der Waals surface area (Å²) in [5.74, 6) is 0.0713. The molecule has 0 spiro atoms. The minimum atomic E-state index is 0.0713. The van der Waals surface area contributed by atoms with Crippen molar-refractivity contribution in [1.29, 1.82) is 0 Å². The third kappa shape index (κ3) is 2.51. The van der Waals surface area contributed by atoms with Gasteiger partial charge in [0.25, 0.3) is 0 Å². The minimum Gasteiger partial charge on any atom is -0.290 e. The molecule has 1 aromatic rings. The fourth-order valence-corrected chi connectivity index (χ4v) is 2.38. The molecule has 0 saturated carbocycles. The summed E-state index contributed by atoms with van der Waals surface area (Å²) < 4.78 is 0. The average molecular weight is 238 g/mol. The number of carbonyl (C=O) groups excluding carboxylic acids is 1. The molecule has 1 aliphatic rings. The van der Waals surface area contributed by atoms with Crippen LogP contribution in [0.25, 0.3) is 6.08 Å². The van der Waals surface area contributed by atoms with Gasteiger partial charge in [-0.15, -0.1) is 0 Å². The molecule has 92 valence electrons. The van der Waals surface area contributed by atoms with E-state index in [0.29, 0.717) is 0 Å². The predicted octanol–water partition coefficient (Wildman–Crippen LogP) is 4.08. The van der Waals surface area contributed by atoms with Crippen molar-refractivity contribution in [2.24, 2.45) is 0 Å². The van der Waals surface area contributed by atoms with Crippen molar-refractivity contribution < 1.29 is 4.79 Å². The third-order valence-electron chi connectivity index (χ3n) is 3.28. The lowest BCUT2D eigenvalue weighted by molar-refractivity contribution is -0.110. The number of aryl methyl sites for hydroxylation is 3. The summed E-state index contributed by atoms with van der Waals surface area (Å²) in [6, 6.07) is 4.38. The van der Waals surface area contributed by atoms with Crippen LogP contribution in [-0.4, -0.2) is 5.78 Å². The van der Waals surface area contributed by atoms with E-state index in [1.807, 2.05) is 13.0 Å². The molecular weight excluding hydrogens is 220 g/mol. The largest absolute Gasteiger partial charge is 0.290 e. The quantitative estimate of drug-likeness (QED) is 0.720. The zero-order valence-corrected chi connectivity index (χ0v) is 11.4. The Kier molecular flexibility index (Phi) is 3.33. The summed E-state index contributed by atoms with van der Waals surface area (Å²) >= 11 is 0. The molecule has 0 heterocycles. The molecule has 0 N–H and O–H groups in total. The second-order valence-electron chi connectivity index (χ2n) is 4.98. The molecule has 0 aromatic heterocycles. The van der Waals surface area contributed by atoms with Crippen LogP contribution >= 0.6 is 0 Å². The first-order chi connectivity index (χ1) is 8.47. The molecule has 0 unspecified atom stereocenters. The van der Waals surface area contributed by atoms with Crippen molar-refractivity contribution in [3.63, 3.8) is 0 Å². The number of ketones is 1. The van der Waals surface area contributed by atoms with Crippen LogP contribution in [0.2, 0.25) is 0 Å². The van der Waals surface area contributed by atoms with Crippen LogP contribution in [0, 0.1) is 20.8 Å². The van der Waals surface area contributed by atoms with Crippen molar-refractivity contribution in [2.75, 3.05) is 0 Å². The van der Waals surface area contributed by atoms with E-state index in [2.05, 4.69) is 39.0 Å². The summed E-state index contributed by atoms with van der Waals surface area (Å²) in [6.45, 7) is 8.35. The van der Waals surface area contributed by atoms with Crippen molar-refractivity contribution >= 4 is 11.9 Å². The SMILES string of the molecule is CC1=CC(=O)C=C/C1=C\c1c(C)cc(C)cc1C. The summed E-state index contributed by atoms with van der Waals surface area (Å²) in [4.78, 5) is 11.3.